The topological polar surface area (TPSA) is 59.0 Å². The maximum Gasteiger partial charge on any atom is 0.272 e. The van der Waals surface area contributed by atoms with E-state index in [0.29, 0.717) is 5.69 Å². The lowest BCUT2D eigenvalue weighted by atomic mass is 10.2. The number of hydrogen-bond acceptors (Lipinski definition) is 3. The molecule has 76 valence electrons. The van der Waals surface area contributed by atoms with E-state index in [1.807, 2.05) is 0 Å². The zero-order valence-corrected chi connectivity index (χ0v) is 8.16. The normalized spacial score (nSPS) is 21.1. The number of amides is 1. The number of nitrogens with zero attached hydrogens (tertiary/aromatic N) is 2. The number of aromatic nitrogens is 2. The van der Waals surface area contributed by atoms with Gasteiger partial charge in [-0.25, -0.2) is 0 Å². The summed E-state index contributed by atoms with van der Waals surface area (Å²) < 4.78 is 1.63. The van der Waals surface area contributed by atoms with Crippen LogP contribution in [0.5, 0.6) is 0 Å². The van der Waals surface area contributed by atoms with Gasteiger partial charge in [-0.3, -0.25) is 9.48 Å². The first-order valence-corrected chi connectivity index (χ1v) is 4.77. The molecule has 1 atom stereocenters. The van der Waals surface area contributed by atoms with Crippen LogP contribution >= 0.6 is 0 Å². The molecule has 1 aliphatic rings. The van der Waals surface area contributed by atoms with Crippen LogP contribution in [0, 0.1) is 0 Å². The smallest absolute Gasteiger partial charge is 0.272 e. The molecule has 5 nitrogen and oxygen atoms in total. The third kappa shape index (κ3) is 1.93. The predicted octanol–water partition coefficient (Wildman–Crippen LogP) is -0.488. The van der Waals surface area contributed by atoms with E-state index in [-0.39, 0.29) is 11.9 Å². The van der Waals surface area contributed by atoms with E-state index in [0.717, 1.165) is 19.5 Å². The van der Waals surface area contributed by atoms with Crippen LogP contribution in [0.2, 0.25) is 0 Å². The highest BCUT2D eigenvalue weighted by atomic mass is 16.2. The summed E-state index contributed by atoms with van der Waals surface area (Å²) >= 11 is 0. The summed E-state index contributed by atoms with van der Waals surface area (Å²) in [5.41, 5.74) is 0.486. The highest BCUT2D eigenvalue weighted by Gasteiger charge is 2.18. The van der Waals surface area contributed by atoms with Crippen LogP contribution in [0.1, 0.15) is 16.9 Å². The third-order valence-electron chi connectivity index (χ3n) is 2.34. The minimum atomic E-state index is -0.0840. The van der Waals surface area contributed by atoms with Crippen molar-refractivity contribution in [3.05, 3.63) is 18.0 Å². The Morgan fingerprint density at radius 1 is 1.79 bits per heavy atom. The molecular formula is C9H14N4O. The van der Waals surface area contributed by atoms with E-state index in [1.165, 1.54) is 0 Å². The maximum atomic E-state index is 11.6. The molecule has 1 aliphatic heterocycles. The molecule has 5 heteroatoms. The summed E-state index contributed by atoms with van der Waals surface area (Å²) in [6.45, 7) is 1.84. The molecule has 1 aromatic rings. The van der Waals surface area contributed by atoms with Crippen LogP contribution in [0.4, 0.5) is 0 Å². The SMILES string of the molecule is Cn1ccc(C(=O)N[C@H]2CCNC2)n1. The molecule has 14 heavy (non-hydrogen) atoms. The molecule has 2 heterocycles. The van der Waals surface area contributed by atoms with Gasteiger partial charge in [-0.1, -0.05) is 0 Å². The second-order valence-corrected chi connectivity index (χ2v) is 3.54. The van der Waals surface area contributed by atoms with Crippen molar-refractivity contribution in [3.8, 4) is 0 Å². The van der Waals surface area contributed by atoms with Gasteiger partial charge in [0.2, 0.25) is 0 Å². The number of rotatable bonds is 2. The fraction of sp³-hybridized carbons (Fsp3) is 0.556. The molecule has 0 bridgehead atoms. The van der Waals surface area contributed by atoms with E-state index < -0.39 is 0 Å². The lowest BCUT2D eigenvalue weighted by molar-refractivity contribution is 0.0934. The zero-order valence-electron chi connectivity index (χ0n) is 8.16. The predicted molar refractivity (Wildman–Crippen MR) is 51.9 cm³/mol. The van der Waals surface area contributed by atoms with Gasteiger partial charge >= 0.3 is 0 Å². The fourth-order valence-electron chi connectivity index (χ4n) is 1.57. The number of hydrogen-bond donors (Lipinski definition) is 2. The first-order valence-electron chi connectivity index (χ1n) is 4.77. The Balaban J connectivity index is 1.95. The number of nitrogens with one attached hydrogen (secondary N) is 2. The highest BCUT2D eigenvalue weighted by Crippen LogP contribution is 2.00. The Hall–Kier alpha value is -1.36. The van der Waals surface area contributed by atoms with Gasteiger partial charge in [0.25, 0.3) is 5.91 Å². The molecule has 0 spiro atoms. The molecule has 0 aromatic carbocycles. The molecule has 0 saturated carbocycles. The number of aryl methyl sites for hydroxylation is 1. The molecule has 2 rings (SSSR count). The molecule has 2 N–H and O–H groups in total. The van der Waals surface area contributed by atoms with Crippen molar-refractivity contribution >= 4 is 5.91 Å². The molecule has 0 unspecified atom stereocenters. The van der Waals surface area contributed by atoms with Gasteiger partial charge in [0.15, 0.2) is 0 Å². The molecule has 1 fully saturated rings. The Morgan fingerprint density at radius 3 is 3.21 bits per heavy atom. The second kappa shape index (κ2) is 3.79. The first kappa shape index (κ1) is 9.21. The van der Waals surface area contributed by atoms with E-state index >= 15 is 0 Å². The van der Waals surface area contributed by atoms with Crippen LogP contribution in [0.25, 0.3) is 0 Å². The van der Waals surface area contributed by atoms with Crippen molar-refractivity contribution in [2.45, 2.75) is 12.5 Å². The average Bonchev–Trinajstić information content (AvgIpc) is 2.75. The van der Waals surface area contributed by atoms with Crippen LogP contribution < -0.4 is 10.6 Å². The van der Waals surface area contributed by atoms with Crippen LogP contribution in [-0.4, -0.2) is 34.8 Å². The van der Waals surface area contributed by atoms with E-state index in [4.69, 9.17) is 0 Å². The fourth-order valence-corrected chi connectivity index (χ4v) is 1.57. The van der Waals surface area contributed by atoms with Crippen molar-refractivity contribution < 1.29 is 4.79 Å². The molecule has 1 aromatic heterocycles. The maximum absolute atomic E-state index is 11.6. The van der Waals surface area contributed by atoms with Crippen molar-refractivity contribution in [2.24, 2.45) is 7.05 Å². The zero-order chi connectivity index (χ0) is 9.97. The molecule has 1 amide bonds. The standard InChI is InChI=1S/C9H14N4O/c1-13-5-3-8(12-13)9(14)11-7-2-4-10-6-7/h3,5,7,10H,2,4,6H2,1H3,(H,11,14)/t7-/m0/s1. The summed E-state index contributed by atoms with van der Waals surface area (Å²) in [6.07, 6.45) is 2.76. The number of carbonyl (C=O) groups is 1. The van der Waals surface area contributed by atoms with Crippen molar-refractivity contribution in [3.63, 3.8) is 0 Å². The van der Waals surface area contributed by atoms with Crippen molar-refractivity contribution in [2.75, 3.05) is 13.1 Å². The van der Waals surface area contributed by atoms with E-state index in [9.17, 15) is 4.79 Å². The molecular weight excluding hydrogens is 180 g/mol. The van der Waals surface area contributed by atoms with E-state index in [2.05, 4.69) is 15.7 Å². The van der Waals surface area contributed by atoms with Crippen LogP contribution in [-0.2, 0) is 7.05 Å². The summed E-state index contributed by atoms with van der Waals surface area (Å²) in [4.78, 5) is 11.6. The Bertz CT molecular complexity index is 327. The molecule has 1 saturated heterocycles. The lowest BCUT2D eigenvalue weighted by Crippen LogP contribution is -2.36. The summed E-state index contributed by atoms with van der Waals surface area (Å²) in [7, 11) is 1.80. The monoisotopic (exact) mass is 194 g/mol. The largest absolute Gasteiger partial charge is 0.347 e. The Morgan fingerprint density at radius 2 is 2.64 bits per heavy atom. The van der Waals surface area contributed by atoms with Gasteiger partial charge in [0, 0.05) is 25.8 Å². The molecule has 0 radical (unpaired) electrons. The minimum absolute atomic E-state index is 0.0840. The van der Waals surface area contributed by atoms with Crippen LogP contribution in [0.15, 0.2) is 12.3 Å². The first-order chi connectivity index (χ1) is 6.75. The quantitative estimate of drug-likeness (QED) is 0.668. The highest BCUT2D eigenvalue weighted by molar-refractivity contribution is 5.92. The second-order valence-electron chi connectivity index (χ2n) is 3.54. The third-order valence-corrected chi connectivity index (χ3v) is 2.34. The Kier molecular flexibility index (Phi) is 2.49. The Labute approximate surface area is 82.5 Å². The average molecular weight is 194 g/mol. The summed E-state index contributed by atoms with van der Waals surface area (Å²) in [5, 5.41) is 10.2. The van der Waals surface area contributed by atoms with Gasteiger partial charge in [-0.15, -0.1) is 0 Å². The van der Waals surface area contributed by atoms with Gasteiger partial charge in [-0.2, -0.15) is 5.10 Å². The lowest BCUT2D eigenvalue weighted by Gasteiger charge is -2.09. The van der Waals surface area contributed by atoms with Gasteiger partial charge in [0.1, 0.15) is 5.69 Å². The van der Waals surface area contributed by atoms with Gasteiger partial charge in [-0.05, 0) is 19.0 Å². The molecule has 0 aliphatic carbocycles. The van der Waals surface area contributed by atoms with Crippen molar-refractivity contribution in [1.29, 1.82) is 0 Å². The van der Waals surface area contributed by atoms with E-state index in [1.54, 1.807) is 24.0 Å². The number of carbonyl (C=O) groups excluding carboxylic acids is 1. The summed E-state index contributed by atoms with van der Waals surface area (Å²) in [6, 6.07) is 1.97. The van der Waals surface area contributed by atoms with Gasteiger partial charge < -0.3 is 10.6 Å². The minimum Gasteiger partial charge on any atom is -0.347 e. The van der Waals surface area contributed by atoms with Crippen molar-refractivity contribution in [1.82, 2.24) is 20.4 Å². The summed E-state index contributed by atoms with van der Waals surface area (Å²) in [5.74, 6) is -0.0840. The van der Waals surface area contributed by atoms with Crippen LogP contribution in [0.3, 0.4) is 0 Å². The van der Waals surface area contributed by atoms with Gasteiger partial charge in [0.05, 0.1) is 0 Å².